The molecule has 0 radical (unpaired) electrons. The maximum Gasteiger partial charge on any atom is 0.274 e. The Morgan fingerprint density at radius 1 is 1.40 bits per heavy atom. The van der Waals surface area contributed by atoms with Crippen molar-refractivity contribution in [1.82, 2.24) is 15.4 Å². The van der Waals surface area contributed by atoms with Crippen LogP contribution in [0.3, 0.4) is 0 Å². The molecule has 1 aromatic heterocycles. The van der Waals surface area contributed by atoms with Gasteiger partial charge in [-0.05, 0) is 31.3 Å². The Balaban J connectivity index is 2.14. The summed E-state index contributed by atoms with van der Waals surface area (Å²) in [4.78, 5) is 18.0. The van der Waals surface area contributed by atoms with Gasteiger partial charge in [-0.3, -0.25) is 10.0 Å². The summed E-state index contributed by atoms with van der Waals surface area (Å²) in [7, 11) is 0. The second-order valence-corrected chi connectivity index (χ2v) is 4.51. The summed E-state index contributed by atoms with van der Waals surface area (Å²) in [6, 6.07) is 4.88. The summed E-state index contributed by atoms with van der Waals surface area (Å²) in [5, 5.41) is 8.62. The summed E-state index contributed by atoms with van der Waals surface area (Å²) in [5.41, 5.74) is 3.23. The first-order valence-electron chi connectivity index (χ1n) is 6.74. The Morgan fingerprint density at radius 2 is 2.15 bits per heavy atom. The zero-order valence-electron chi connectivity index (χ0n) is 11.7. The van der Waals surface area contributed by atoms with E-state index in [1.807, 2.05) is 0 Å². The number of nitrogens with zero attached hydrogens (tertiary/aromatic N) is 2. The molecule has 1 aromatic carbocycles. The molecule has 0 saturated heterocycles. The lowest BCUT2D eigenvalue weighted by Gasteiger charge is -2.16. The third-order valence-corrected chi connectivity index (χ3v) is 3.33. The van der Waals surface area contributed by atoms with E-state index in [0.29, 0.717) is 22.6 Å². The van der Waals surface area contributed by atoms with Crippen LogP contribution in [0.1, 0.15) is 30.1 Å². The number of nitrogens with one attached hydrogen (secondary N) is 1. The van der Waals surface area contributed by atoms with Crippen molar-refractivity contribution in [2.75, 3.05) is 19.6 Å². The molecular formula is C14H19N3O3. The van der Waals surface area contributed by atoms with Crippen LogP contribution in [-0.2, 0) is 6.42 Å². The summed E-state index contributed by atoms with van der Waals surface area (Å²) in [5.74, 6) is 0.105. The zero-order chi connectivity index (χ0) is 14.5. The molecule has 0 aliphatic rings. The Bertz CT molecular complexity index is 590. The van der Waals surface area contributed by atoms with Gasteiger partial charge in [0.2, 0.25) is 0 Å². The zero-order valence-corrected chi connectivity index (χ0v) is 11.7. The van der Waals surface area contributed by atoms with E-state index < -0.39 is 5.91 Å². The predicted octanol–water partition coefficient (Wildman–Crippen LogP) is 1.83. The Hall–Kier alpha value is -1.92. The number of carbonyl (C=O) groups excluding carboxylic acids is 1. The second-order valence-electron chi connectivity index (χ2n) is 4.51. The summed E-state index contributed by atoms with van der Waals surface area (Å²) in [6.45, 7) is 7.13. The van der Waals surface area contributed by atoms with E-state index in [-0.39, 0.29) is 0 Å². The first kappa shape index (κ1) is 14.5. The molecule has 0 unspecified atom stereocenters. The van der Waals surface area contributed by atoms with Crippen LogP contribution in [0.5, 0.6) is 0 Å². The molecule has 1 heterocycles. The van der Waals surface area contributed by atoms with Crippen molar-refractivity contribution in [3.63, 3.8) is 0 Å². The van der Waals surface area contributed by atoms with Gasteiger partial charge in [0.25, 0.3) is 5.91 Å². The van der Waals surface area contributed by atoms with Crippen molar-refractivity contribution in [2.45, 2.75) is 20.3 Å². The molecule has 0 saturated carbocycles. The lowest BCUT2D eigenvalue weighted by atomic mass is 10.2. The number of likely N-dealkylation sites (N-methyl/N-ethyl adjacent to an activating group) is 1. The number of oxazole rings is 1. The first-order valence-corrected chi connectivity index (χ1v) is 6.74. The summed E-state index contributed by atoms with van der Waals surface area (Å²) >= 11 is 0. The van der Waals surface area contributed by atoms with Crippen LogP contribution in [0.25, 0.3) is 11.1 Å². The van der Waals surface area contributed by atoms with Crippen LogP contribution in [0.15, 0.2) is 22.6 Å². The van der Waals surface area contributed by atoms with Gasteiger partial charge in [-0.2, -0.15) is 0 Å². The summed E-state index contributed by atoms with van der Waals surface area (Å²) < 4.78 is 5.64. The topological polar surface area (TPSA) is 78.6 Å². The fraction of sp³-hybridized carbons (Fsp3) is 0.429. The van der Waals surface area contributed by atoms with Crippen LogP contribution >= 0.6 is 0 Å². The molecule has 6 heteroatoms. The van der Waals surface area contributed by atoms with Crippen molar-refractivity contribution in [1.29, 1.82) is 0 Å². The number of rotatable bonds is 6. The van der Waals surface area contributed by atoms with Gasteiger partial charge in [0, 0.05) is 18.5 Å². The first-order chi connectivity index (χ1) is 9.67. The van der Waals surface area contributed by atoms with Crippen LogP contribution in [0, 0.1) is 0 Å². The molecule has 0 aliphatic carbocycles. The average Bonchev–Trinajstić information content (AvgIpc) is 2.89. The highest BCUT2D eigenvalue weighted by Gasteiger charge is 2.11. The number of hydrogen-bond acceptors (Lipinski definition) is 5. The number of hydroxylamine groups is 1. The smallest absolute Gasteiger partial charge is 0.274 e. The minimum absolute atomic E-state index is 0.351. The minimum atomic E-state index is -0.556. The van der Waals surface area contributed by atoms with Crippen molar-refractivity contribution < 1.29 is 14.4 Å². The van der Waals surface area contributed by atoms with Gasteiger partial charge in [-0.1, -0.05) is 13.8 Å². The highest BCUT2D eigenvalue weighted by Crippen LogP contribution is 2.17. The molecule has 0 aliphatic heterocycles. The molecule has 108 valence electrons. The highest BCUT2D eigenvalue weighted by molar-refractivity contribution is 5.96. The molecule has 0 fully saturated rings. The van der Waals surface area contributed by atoms with E-state index >= 15 is 0 Å². The van der Waals surface area contributed by atoms with Crippen LogP contribution in [0.4, 0.5) is 0 Å². The van der Waals surface area contributed by atoms with Gasteiger partial charge >= 0.3 is 0 Å². The van der Waals surface area contributed by atoms with E-state index in [1.54, 1.807) is 23.7 Å². The van der Waals surface area contributed by atoms with Gasteiger partial charge in [0.15, 0.2) is 11.5 Å². The molecule has 2 aromatic rings. The largest absolute Gasteiger partial charge is 0.441 e. The quantitative estimate of drug-likeness (QED) is 0.622. The van der Waals surface area contributed by atoms with E-state index in [9.17, 15) is 4.79 Å². The number of benzene rings is 1. The number of aromatic nitrogens is 1. The van der Waals surface area contributed by atoms with Gasteiger partial charge in [0.1, 0.15) is 5.52 Å². The fourth-order valence-corrected chi connectivity index (χ4v) is 2.08. The van der Waals surface area contributed by atoms with Gasteiger partial charge in [-0.15, -0.1) is 0 Å². The van der Waals surface area contributed by atoms with Gasteiger partial charge in [-0.25, -0.2) is 10.5 Å². The molecule has 0 bridgehead atoms. The lowest BCUT2D eigenvalue weighted by Crippen LogP contribution is -2.25. The Kier molecular flexibility index (Phi) is 4.70. The monoisotopic (exact) mass is 277 g/mol. The lowest BCUT2D eigenvalue weighted by molar-refractivity contribution is 0.0706. The molecule has 2 rings (SSSR count). The Labute approximate surface area is 117 Å². The van der Waals surface area contributed by atoms with Crippen LogP contribution in [0.2, 0.25) is 0 Å². The van der Waals surface area contributed by atoms with E-state index in [0.717, 1.165) is 26.1 Å². The maximum absolute atomic E-state index is 11.3. The highest BCUT2D eigenvalue weighted by atomic mass is 16.5. The molecule has 1 amide bonds. The Morgan fingerprint density at radius 3 is 2.80 bits per heavy atom. The fourth-order valence-electron chi connectivity index (χ4n) is 2.08. The van der Waals surface area contributed by atoms with Crippen molar-refractivity contribution in [3.05, 3.63) is 29.7 Å². The number of hydrogen-bond donors (Lipinski definition) is 2. The second kappa shape index (κ2) is 6.49. The third-order valence-electron chi connectivity index (χ3n) is 3.33. The molecular weight excluding hydrogens is 258 g/mol. The van der Waals surface area contributed by atoms with E-state index in [1.165, 1.54) is 0 Å². The molecule has 0 spiro atoms. The SMILES string of the molecule is CCN(CC)CCc1nc2cc(C(=O)NO)ccc2o1. The van der Waals surface area contributed by atoms with Gasteiger partial charge in [0.05, 0.1) is 0 Å². The van der Waals surface area contributed by atoms with Crippen molar-refractivity contribution in [2.24, 2.45) is 0 Å². The van der Waals surface area contributed by atoms with Crippen molar-refractivity contribution >= 4 is 17.0 Å². The molecule has 6 nitrogen and oxygen atoms in total. The number of carbonyl (C=O) groups is 1. The number of fused-ring (bicyclic) bond motifs is 1. The maximum atomic E-state index is 11.3. The average molecular weight is 277 g/mol. The van der Waals surface area contributed by atoms with E-state index in [2.05, 4.69) is 23.7 Å². The molecule has 0 atom stereocenters. The van der Waals surface area contributed by atoms with E-state index in [4.69, 9.17) is 9.62 Å². The molecule has 2 N–H and O–H groups in total. The summed E-state index contributed by atoms with van der Waals surface area (Å²) in [6.07, 6.45) is 0.734. The minimum Gasteiger partial charge on any atom is -0.441 e. The normalized spacial score (nSPS) is 11.2. The van der Waals surface area contributed by atoms with Gasteiger partial charge < -0.3 is 9.32 Å². The third kappa shape index (κ3) is 3.15. The van der Waals surface area contributed by atoms with Crippen LogP contribution in [-0.4, -0.2) is 40.6 Å². The number of amides is 1. The molecule has 20 heavy (non-hydrogen) atoms. The van der Waals surface area contributed by atoms with Crippen LogP contribution < -0.4 is 5.48 Å². The standard InChI is InChI=1S/C14H19N3O3/c1-3-17(4-2)8-7-13-15-11-9-10(14(18)16-19)5-6-12(11)20-13/h5-6,9,19H,3-4,7-8H2,1-2H3,(H,16,18). The predicted molar refractivity (Wildman–Crippen MR) is 74.8 cm³/mol. The van der Waals surface area contributed by atoms with Crippen molar-refractivity contribution in [3.8, 4) is 0 Å².